The number of para-hydroxylation sites is 1. The zero-order chi connectivity index (χ0) is 26.4. The van der Waals surface area contributed by atoms with Crippen LogP contribution < -0.4 is 11.1 Å². The van der Waals surface area contributed by atoms with E-state index in [0.29, 0.717) is 16.3 Å². The van der Waals surface area contributed by atoms with Crippen LogP contribution in [0.25, 0.3) is 5.65 Å². The quantitative estimate of drug-likeness (QED) is 0.270. The maximum atomic E-state index is 13.3. The highest BCUT2D eigenvalue weighted by molar-refractivity contribution is 6.33. The number of methoxy groups -OCH3 is 1. The molecule has 2 aromatic heterocycles. The second-order valence-electron chi connectivity index (χ2n) is 7.20. The molecule has 4 aromatic rings. The molecule has 0 unspecified atom stereocenters. The predicted octanol–water partition coefficient (Wildman–Crippen LogP) is 3.95. The summed E-state index contributed by atoms with van der Waals surface area (Å²) in [6, 6.07) is 12.8. The van der Waals surface area contributed by atoms with Crippen LogP contribution in [0.4, 0.5) is 14.5 Å². The molecule has 0 saturated carbocycles. The lowest BCUT2D eigenvalue weighted by atomic mass is 10.2. The molecule has 0 atom stereocenters. The standard InChI is InChI=1S/C18H13F2N3O5.C6H6ClN/c1-28-18(27)14-7-13(22-15-10(17(25)26)4-5-23(14)15)16(24)21-8-9-2-3-11(19)12(20)6-9;7-5-3-1-2-4-6(5)8/h2-7H,8H2,1H3,(H,21,24)(H,25,26);1-4H,8H2. The zero-order valence-corrected chi connectivity index (χ0v) is 19.4. The van der Waals surface area contributed by atoms with Gasteiger partial charge in [0.2, 0.25) is 0 Å². The van der Waals surface area contributed by atoms with Crippen LogP contribution in [-0.4, -0.2) is 39.4 Å². The van der Waals surface area contributed by atoms with Gasteiger partial charge >= 0.3 is 11.9 Å². The normalized spacial score (nSPS) is 10.3. The van der Waals surface area contributed by atoms with E-state index < -0.39 is 29.5 Å². The molecule has 0 bridgehead atoms. The molecule has 0 aliphatic carbocycles. The highest BCUT2D eigenvalue weighted by Gasteiger charge is 2.21. The molecule has 2 heterocycles. The molecule has 0 saturated heterocycles. The fourth-order valence-corrected chi connectivity index (χ4v) is 3.16. The number of carboxylic acids is 1. The zero-order valence-electron chi connectivity index (χ0n) is 18.7. The van der Waals surface area contributed by atoms with Crippen molar-refractivity contribution in [3.05, 3.63) is 100.0 Å². The van der Waals surface area contributed by atoms with Crippen LogP contribution in [0.3, 0.4) is 0 Å². The Balaban J connectivity index is 0.000000383. The van der Waals surface area contributed by atoms with Gasteiger partial charge in [0.15, 0.2) is 17.3 Å². The number of aromatic nitrogens is 2. The van der Waals surface area contributed by atoms with Crippen LogP contribution in [0.5, 0.6) is 0 Å². The highest BCUT2D eigenvalue weighted by Crippen LogP contribution is 2.17. The summed E-state index contributed by atoms with van der Waals surface area (Å²) in [6.07, 6.45) is 1.32. The molecule has 0 radical (unpaired) electrons. The number of anilines is 1. The van der Waals surface area contributed by atoms with E-state index in [-0.39, 0.29) is 29.1 Å². The van der Waals surface area contributed by atoms with Crippen LogP contribution >= 0.6 is 11.6 Å². The molecule has 4 N–H and O–H groups in total. The van der Waals surface area contributed by atoms with E-state index in [0.717, 1.165) is 25.3 Å². The Morgan fingerprint density at radius 1 is 1.11 bits per heavy atom. The van der Waals surface area contributed by atoms with Crippen molar-refractivity contribution in [2.24, 2.45) is 0 Å². The smallest absolute Gasteiger partial charge is 0.355 e. The van der Waals surface area contributed by atoms with Crippen LogP contribution in [0, 0.1) is 11.6 Å². The van der Waals surface area contributed by atoms with E-state index in [4.69, 9.17) is 17.3 Å². The summed E-state index contributed by atoms with van der Waals surface area (Å²) in [6.45, 7) is -0.136. The number of carboxylic acid groups (broad SMARTS) is 1. The minimum atomic E-state index is -1.29. The predicted molar refractivity (Wildman–Crippen MR) is 127 cm³/mol. The summed E-state index contributed by atoms with van der Waals surface area (Å²) in [7, 11) is 1.14. The van der Waals surface area contributed by atoms with Gasteiger partial charge in [-0.05, 0) is 35.9 Å². The first kappa shape index (κ1) is 26.1. The van der Waals surface area contributed by atoms with E-state index in [1.54, 1.807) is 12.1 Å². The molecule has 36 heavy (non-hydrogen) atoms. The van der Waals surface area contributed by atoms with Gasteiger partial charge in [-0.1, -0.05) is 29.8 Å². The van der Waals surface area contributed by atoms with Crippen molar-refractivity contribution in [2.45, 2.75) is 6.54 Å². The molecule has 2 aromatic carbocycles. The number of halogens is 3. The van der Waals surface area contributed by atoms with Crippen molar-refractivity contribution in [1.29, 1.82) is 0 Å². The topological polar surface area (TPSA) is 136 Å². The molecular weight excluding hydrogens is 498 g/mol. The summed E-state index contributed by atoms with van der Waals surface area (Å²) in [4.78, 5) is 39.8. The second kappa shape index (κ2) is 11.3. The lowest BCUT2D eigenvalue weighted by Crippen LogP contribution is -2.25. The molecule has 0 fully saturated rings. The third-order valence-corrected chi connectivity index (χ3v) is 5.16. The minimum Gasteiger partial charge on any atom is -0.478 e. The fraction of sp³-hybridized carbons (Fsp3) is 0.0833. The van der Waals surface area contributed by atoms with Gasteiger partial charge in [0.05, 0.1) is 17.8 Å². The van der Waals surface area contributed by atoms with E-state index in [2.05, 4.69) is 15.0 Å². The van der Waals surface area contributed by atoms with Gasteiger partial charge in [0.1, 0.15) is 17.0 Å². The van der Waals surface area contributed by atoms with Crippen molar-refractivity contribution in [1.82, 2.24) is 14.7 Å². The number of benzene rings is 2. The summed E-state index contributed by atoms with van der Waals surface area (Å²) < 4.78 is 32.1. The Bertz CT molecular complexity index is 1440. The van der Waals surface area contributed by atoms with Gasteiger partial charge in [0.25, 0.3) is 5.91 Å². The number of amides is 1. The third kappa shape index (κ3) is 5.94. The lowest BCUT2D eigenvalue weighted by Gasteiger charge is -2.09. The number of carbonyl (C=O) groups is 3. The number of nitrogen functional groups attached to an aromatic ring is 1. The van der Waals surface area contributed by atoms with E-state index in [9.17, 15) is 28.3 Å². The lowest BCUT2D eigenvalue weighted by molar-refractivity contribution is 0.0590. The van der Waals surface area contributed by atoms with Crippen LogP contribution in [-0.2, 0) is 11.3 Å². The number of ether oxygens (including phenoxy) is 1. The molecule has 4 rings (SSSR count). The average Bonchev–Trinajstić information content (AvgIpc) is 3.30. The molecule has 0 aliphatic heterocycles. The van der Waals surface area contributed by atoms with Crippen LogP contribution in [0.15, 0.2) is 60.8 Å². The number of nitrogens with one attached hydrogen (secondary N) is 1. The molecule has 0 aliphatic rings. The van der Waals surface area contributed by atoms with Crippen molar-refractivity contribution in [3.8, 4) is 0 Å². The Labute approximate surface area is 208 Å². The number of aromatic carboxylic acids is 1. The van der Waals surface area contributed by atoms with Gasteiger partial charge in [-0.15, -0.1) is 0 Å². The summed E-state index contributed by atoms with van der Waals surface area (Å²) in [5.41, 5.74) is 5.66. The Morgan fingerprint density at radius 2 is 1.83 bits per heavy atom. The van der Waals surface area contributed by atoms with Crippen molar-refractivity contribution >= 4 is 40.8 Å². The Morgan fingerprint density at radius 3 is 2.42 bits per heavy atom. The third-order valence-electron chi connectivity index (χ3n) is 4.82. The van der Waals surface area contributed by atoms with Crippen LogP contribution in [0.2, 0.25) is 5.02 Å². The van der Waals surface area contributed by atoms with E-state index >= 15 is 0 Å². The van der Waals surface area contributed by atoms with Crippen molar-refractivity contribution < 1.29 is 33.0 Å². The molecule has 1 amide bonds. The molecule has 9 nitrogen and oxygen atoms in total. The monoisotopic (exact) mass is 516 g/mol. The SMILES string of the molecule is COC(=O)c1cc(C(=O)NCc2ccc(F)c(F)c2)nc2c(C(=O)O)ccn12.Nc1ccccc1Cl. The highest BCUT2D eigenvalue weighted by atomic mass is 35.5. The van der Waals surface area contributed by atoms with Gasteiger partial charge in [0, 0.05) is 18.8 Å². The number of hydrogen-bond donors (Lipinski definition) is 3. The van der Waals surface area contributed by atoms with Crippen LogP contribution in [0.1, 0.15) is 36.9 Å². The number of rotatable bonds is 5. The summed E-state index contributed by atoms with van der Waals surface area (Å²) >= 11 is 5.58. The van der Waals surface area contributed by atoms with E-state index in [1.807, 2.05) is 12.1 Å². The molecule has 186 valence electrons. The van der Waals surface area contributed by atoms with Gasteiger partial charge in [-0.3, -0.25) is 9.20 Å². The number of carbonyl (C=O) groups excluding carboxylic acids is 2. The van der Waals surface area contributed by atoms with Crippen molar-refractivity contribution in [2.75, 3.05) is 12.8 Å². The van der Waals surface area contributed by atoms with Gasteiger partial charge in [-0.2, -0.15) is 0 Å². The Kier molecular flexibility index (Phi) is 8.18. The molecular formula is C24H19ClF2N4O5. The fourth-order valence-electron chi connectivity index (χ4n) is 3.02. The summed E-state index contributed by atoms with van der Waals surface area (Å²) in [5.74, 6) is -4.90. The maximum absolute atomic E-state index is 13.3. The first-order chi connectivity index (χ1) is 17.1. The average molecular weight is 517 g/mol. The van der Waals surface area contributed by atoms with Gasteiger partial charge in [-0.25, -0.2) is 23.4 Å². The van der Waals surface area contributed by atoms with Gasteiger partial charge < -0.3 is 20.9 Å². The molecule has 0 spiro atoms. The Hall–Kier alpha value is -4.51. The minimum absolute atomic E-state index is 0.0991. The largest absolute Gasteiger partial charge is 0.478 e. The maximum Gasteiger partial charge on any atom is 0.355 e. The van der Waals surface area contributed by atoms with Crippen molar-refractivity contribution in [3.63, 3.8) is 0 Å². The summed E-state index contributed by atoms with van der Waals surface area (Å²) in [5, 5.41) is 12.3. The first-order valence-corrected chi connectivity index (χ1v) is 10.6. The number of esters is 1. The molecule has 12 heteroatoms. The first-order valence-electron chi connectivity index (χ1n) is 10.2. The number of nitrogens with two attached hydrogens (primary N) is 1. The number of nitrogens with zero attached hydrogens (tertiary/aromatic N) is 2. The number of fused-ring (bicyclic) bond motifs is 1. The van der Waals surface area contributed by atoms with E-state index in [1.165, 1.54) is 22.7 Å². The number of hydrogen-bond acceptors (Lipinski definition) is 6. The second-order valence-corrected chi connectivity index (χ2v) is 7.61.